The standard InChI is InChI=1S/C7H6BrNO3/c1-12-7-3-5(8)2-6(4-7)9(10)11/h2-4H,1H3/i1D3. The minimum Gasteiger partial charge on any atom is -0.496 e. The first-order chi connectivity index (χ1) is 6.78. The van der Waals surface area contributed by atoms with Crippen LogP contribution in [0, 0.1) is 10.1 Å². The summed E-state index contributed by atoms with van der Waals surface area (Å²) >= 11 is 3.02. The van der Waals surface area contributed by atoms with Gasteiger partial charge in [-0.25, -0.2) is 0 Å². The maximum absolute atomic E-state index is 10.5. The number of halogens is 1. The fourth-order valence-electron chi connectivity index (χ4n) is 0.712. The average molecular weight is 235 g/mol. The van der Waals surface area contributed by atoms with Crippen molar-refractivity contribution in [2.75, 3.05) is 7.04 Å². The number of methoxy groups -OCH3 is 1. The lowest BCUT2D eigenvalue weighted by Gasteiger charge is -1.99. The van der Waals surface area contributed by atoms with Gasteiger partial charge in [0.05, 0.1) is 22.1 Å². The van der Waals surface area contributed by atoms with Crippen LogP contribution in [-0.2, 0) is 0 Å². The first-order valence-electron chi connectivity index (χ1n) is 4.42. The van der Waals surface area contributed by atoms with Gasteiger partial charge in [0, 0.05) is 10.5 Å². The number of nitro groups is 1. The molecular weight excluding hydrogens is 226 g/mol. The number of hydrogen-bond donors (Lipinski definition) is 0. The number of rotatable bonds is 2. The van der Waals surface area contributed by atoms with Crippen molar-refractivity contribution in [3.8, 4) is 5.75 Å². The fraction of sp³-hybridized carbons (Fsp3) is 0.143. The second-order valence-electron chi connectivity index (χ2n) is 2.00. The summed E-state index contributed by atoms with van der Waals surface area (Å²) in [6.45, 7) is 0. The van der Waals surface area contributed by atoms with Gasteiger partial charge >= 0.3 is 0 Å². The minimum atomic E-state index is -2.62. The molecule has 64 valence electrons. The normalized spacial score (nSPS) is 14.2. The molecule has 0 amide bonds. The van der Waals surface area contributed by atoms with Crippen molar-refractivity contribution < 1.29 is 13.8 Å². The lowest BCUT2D eigenvalue weighted by molar-refractivity contribution is -0.385. The summed E-state index contributed by atoms with van der Waals surface area (Å²) in [6.07, 6.45) is 0. The van der Waals surface area contributed by atoms with E-state index in [-0.39, 0.29) is 11.4 Å². The SMILES string of the molecule is [2H]C([2H])([2H])Oc1cc(Br)cc([N+](=O)[O-])c1. The molecule has 0 heterocycles. The molecule has 0 aromatic heterocycles. The van der Waals surface area contributed by atoms with Crippen LogP contribution >= 0.6 is 15.9 Å². The van der Waals surface area contributed by atoms with E-state index < -0.39 is 12.0 Å². The second kappa shape index (κ2) is 3.53. The Hall–Kier alpha value is -1.10. The molecule has 0 aliphatic rings. The topological polar surface area (TPSA) is 52.4 Å². The lowest BCUT2D eigenvalue weighted by Crippen LogP contribution is -1.89. The molecule has 0 bridgehead atoms. The Morgan fingerprint density at radius 2 is 2.42 bits per heavy atom. The molecule has 0 radical (unpaired) electrons. The number of benzene rings is 1. The van der Waals surface area contributed by atoms with Crippen LogP contribution in [0.2, 0.25) is 0 Å². The predicted molar refractivity (Wildman–Crippen MR) is 47.3 cm³/mol. The zero-order valence-corrected chi connectivity index (χ0v) is 7.37. The summed E-state index contributed by atoms with van der Waals surface area (Å²) < 4.78 is 25.5. The monoisotopic (exact) mass is 234 g/mol. The molecule has 1 aromatic rings. The van der Waals surface area contributed by atoms with E-state index in [2.05, 4.69) is 20.7 Å². The summed E-state index contributed by atoms with van der Waals surface area (Å²) in [6, 6.07) is 3.66. The van der Waals surface area contributed by atoms with E-state index in [1.807, 2.05) is 0 Å². The van der Waals surface area contributed by atoms with Crippen molar-refractivity contribution in [1.29, 1.82) is 0 Å². The Morgan fingerprint density at radius 1 is 1.67 bits per heavy atom. The third kappa shape index (κ3) is 1.94. The van der Waals surface area contributed by atoms with Gasteiger partial charge in [-0.05, 0) is 6.07 Å². The number of non-ortho nitro benzene ring substituents is 1. The van der Waals surface area contributed by atoms with Gasteiger partial charge in [-0.15, -0.1) is 0 Å². The van der Waals surface area contributed by atoms with Crippen molar-refractivity contribution in [2.24, 2.45) is 0 Å². The van der Waals surface area contributed by atoms with Crippen LogP contribution < -0.4 is 4.74 Å². The fourth-order valence-corrected chi connectivity index (χ4v) is 1.17. The summed E-state index contributed by atoms with van der Waals surface area (Å²) in [7, 11) is -2.62. The van der Waals surface area contributed by atoms with Crippen molar-refractivity contribution in [3.63, 3.8) is 0 Å². The molecule has 0 atom stereocenters. The van der Waals surface area contributed by atoms with Gasteiger partial charge in [-0.2, -0.15) is 0 Å². The van der Waals surface area contributed by atoms with E-state index in [4.69, 9.17) is 4.11 Å². The Labute approximate surface area is 81.6 Å². The molecule has 1 rings (SSSR count). The molecule has 0 aliphatic carbocycles. The molecule has 4 nitrogen and oxygen atoms in total. The van der Waals surface area contributed by atoms with Crippen molar-refractivity contribution >= 4 is 21.6 Å². The molecule has 0 N–H and O–H groups in total. The molecule has 0 spiro atoms. The van der Waals surface area contributed by atoms with E-state index in [0.29, 0.717) is 4.47 Å². The van der Waals surface area contributed by atoms with Crippen LogP contribution in [0.5, 0.6) is 5.75 Å². The Bertz CT molecular complexity index is 394. The highest BCUT2D eigenvalue weighted by Crippen LogP contribution is 2.25. The molecule has 12 heavy (non-hydrogen) atoms. The van der Waals surface area contributed by atoms with Gasteiger partial charge in [0.15, 0.2) is 0 Å². The van der Waals surface area contributed by atoms with Crippen molar-refractivity contribution in [2.45, 2.75) is 0 Å². The van der Waals surface area contributed by atoms with Crippen LogP contribution in [0.3, 0.4) is 0 Å². The Morgan fingerprint density at radius 3 is 3.00 bits per heavy atom. The highest BCUT2D eigenvalue weighted by Gasteiger charge is 2.08. The van der Waals surface area contributed by atoms with Gasteiger partial charge in [0.25, 0.3) is 5.69 Å². The van der Waals surface area contributed by atoms with Crippen molar-refractivity contribution in [1.82, 2.24) is 0 Å². The third-order valence-electron chi connectivity index (χ3n) is 1.18. The van der Waals surface area contributed by atoms with E-state index >= 15 is 0 Å². The van der Waals surface area contributed by atoms with Crippen LogP contribution in [0.1, 0.15) is 4.11 Å². The smallest absolute Gasteiger partial charge is 0.274 e. The number of ether oxygens (including phenoxy) is 1. The van der Waals surface area contributed by atoms with E-state index in [1.165, 1.54) is 12.1 Å². The first kappa shape index (κ1) is 5.53. The number of nitrogens with zero attached hydrogens (tertiary/aromatic N) is 1. The first-order valence-corrected chi connectivity index (χ1v) is 3.71. The average Bonchev–Trinajstić information content (AvgIpc) is 1.99. The minimum absolute atomic E-state index is 0.0731. The summed E-state index contributed by atoms with van der Waals surface area (Å²) in [5.41, 5.74) is -0.233. The lowest BCUT2D eigenvalue weighted by atomic mass is 10.3. The van der Waals surface area contributed by atoms with Crippen LogP contribution in [-0.4, -0.2) is 12.0 Å². The number of nitro benzene ring substituents is 1. The van der Waals surface area contributed by atoms with Gasteiger partial charge in [0.2, 0.25) is 0 Å². The number of hydrogen-bond acceptors (Lipinski definition) is 3. The quantitative estimate of drug-likeness (QED) is 0.584. The molecule has 0 aliphatic heterocycles. The maximum atomic E-state index is 10.5. The largest absolute Gasteiger partial charge is 0.496 e. The molecule has 0 saturated heterocycles. The van der Waals surface area contributed by atoms with Crippen LogP contribution in [0.25, 0.3) is 0 Å². The highest BCUT2D eigenvalue weighted by molar-refractivity contribution is 9.10. The molecule has 0 fully saturated rings. The van der Waals surface area contributed by atoms with Gasteiger partial charge in [-0.3, -0.25) is 10.1 Å². The predicted octanol–water partition coefficient (Wildman–Crippen LogP) is 2.37. The molecule has 0 saturated carbocycles. The molecule has 5 heteroatoms. The zero-order valence-electron chi connectivity index (χ0n) is 8.78. The van der Waals surface area contributed by atoms with Gasteiger partial charge in [-0.1, -0.05) is 15.9 Å². The van der Waals surface area contributed by atoms with E-state index in [1.54, 1.807) is 0 Å². The highest BCUT2D eigenvalue weighted by atomic mass is 79.9. The van der Waals surface area contributed by atoms with E-state index in [0.717, 1.165) is 6.07 Å². The maximum Gasteiger partial charge on any atom is 0.274 e. The van der Waals surface area contributed by atoms with Crippen LogP contribution in [0.4, 0.5) is 5.69 Å². The van der Waals surface area contributed by atoms with E-state index in [9.17, 15) is 10.1 Å². The summed E-state index contributed by atoms with van der Waals surface area (Å²) in [5.74, 6) is -0.0731. The Balaban J connectivity index is 3.04. The zero-order chi connectivity index (χ0) is 11.6. The molecule has 1 aromatic carbocycles. The molecular formula is C7H6BrNO3. The van der Waals surface area contributed by atoms with Gasteiger partial charge < -0.3 is 4.74 Å². The molecule has 0 unspecified atom stereocenters. The summed E-state index contributed by atoms with van der Waals surface area (Å²) in [4.78, 5) is 9.83. The van der Waals surface area contributed by atoms with Gasteiger partial charge in [0.1, 0.15) is 5.75 Å². The van der Waals surface area contributed by atoms with Crippen LogP contribution in [0.15, 0.2) is 22.7 Å². The van der Waals surface area contributed by atoms with Crippen molar-refractivity contribution in [3.05, 3.63) is 32.8 Å². The second-order valence-corrected chi connectivity index (χ2v) is 2.92. The third-order valence-corrected chi connectivity index (χ3v) is 1.64. The summed E-state index contributed by atoms with van der Waals surface area (Å²) in [5, 5.41) is 10.5. The Kier molecular flexibility index (Phi) is 1.63.